The predicted octanol–water partition coefficient (Wildman–Crippen LogP) is 2.97. The number of hydrogen-bond acceptors (Lipinski definition) is 0. The van der Waals surface area contributed by atoms with Crippen molar-refractivity contribution >= 4 is 10.9 Å². The van der Waals surface area contributed by atoms with E-state index in [0.29, 0.717) is 0 Å². The maximum absolute atomic E-state index is 3.08. The summed E-state index contributed by atoms with van der Waals surface area (Å²) in [5.41, 5.74) is 2.60. The van der Waals surface area contributed by atoms with E-state index in [1.165, 1.54) is 16.5 Å². The predicted molar refractivity (Wildman–Crippen MR) is 60.1 cm³/mol. The Morgan fingerprint density at radius 2 is 2.14 bits per heavy atom. The first-order chi connectivity index (χ1) is 6.83. The smallest absolute Gasteiger partial charge is 0.0837 e. The molecule has 0 aliphatic carbocycles. The van der Waals surface area contributed by atoms with Crippen LogP contribution >= 0.6 is 0 Å². The van der Waals surface area contributed by atoms with Crippen LogP contribution in [0.4, 0.5) is 0 Å². The quantitative estimate of drug-likeness (QED) is 0.599. The van der Waals surface area contributed by atoms with E-state index in [1.54, 1.807) is 0 Å². The zero-order valence-corrected chi connectivity index (χ0v) is 8.54. The van der Waals surface area contributed by atoms with E-state index in [2.05, 4.69) is 53.8 Å². The number of hydrogen-bond donors (Lipinski definition) is 0. The lowest BCUT2D eigenvalue weighted by Gasteiger charge is -2.00. The van der Waals surface area contributed by atoms with Crippen LogP contribution in [-0.2, 0) is 6.54 Å². The highest BCUT2D eigenvalue weighted by Crippen LogP contribution is 2.18. The van der Waals surface area contributed by atoms with Gasteiger partial charge in [-0.1, -0.05) is 18.1 Å². The summed E-state index contributed by atoms with van der Waals surface area (Å²) in [5.74, 6) is 5.99. The normalized spacial score (nSPS) is 9.86. The number of aromatic nitrogens is 1. The summed E-state index contributed by atoms with van der Waals surface area (Å²) >= 11 is 0. The maximum atomic E-state index is 3.08. The van der Waals surface area contributed by atoms with E-state index in [0.717, 1.165) is 6.54 Å². The second-order valence-electron chi connectivity index (χ2n) is 3.38. The third kappa shape index (κ3) is 1.40. The molecule has 0 aliphatic rings. The molecule has 1 heteroatoms. The molecule has 0 radical (unpaired) electrons. The standard InChI is InChI=1S/C13H13N/c1-3-4-9-14-10-8-12-11(2)6-5-7-13(12)14/h5-8,10H,9H2,1-2H3. The summed E-state index contributed by atoms with van der Waals surface area (Å²) < 4.78 is 2.18. The van der Waals surface area contributed by atoms with Gasteiger partial charge in [-0.05, 0) is 31.5 Å². The van der Waals surface area contributed by atoms with Crippen LogP contribution in [0.25, 0.3) is 10.9 Å². The first-order valence-electron chi connectivity index (χ1n) is 4.77. The molecule has 1 heterocycles. The molecule has 2 aromatic rings. The number of rotatable bonds is 1. The van der Waals surface area contributed by atoms with Crippen molar-refractivity contribution in [2.75, 3.05) is 0 Å². The number of benzene rings is 1. The molecule has 0 atom stereocenters. The average Bonchev–Trinajstić information content (AvgIpc) is 2.60. The molecule has 0 N–H and O–H groups in total. The van der Waals surface area contributed by atoms with Crippen LogP contribution in [-0.4, -0.2) is 4.57 Å². The zero-order chi connectivity index (χ0) is 9.97. The van der Waals surface area contributed by atoms with Gasteiger partial charge in [-0.25, -0.2) is 0 Å². The fourth-order valence-electron chi connectivity index (χ4n) is 1.68. The topological polar surface area (TPSA) is 4.93 Å². The van der Waals surface area contributed by atoms with Gasteiger partial charge in [-0.3, -0.25) is 0 Å². The van der Waals surface area contributed by atoms with Gasteiger partial charge in [0.15, 0.2) is 0 Å². The maximum Gasteiger partial charge on any atom is 0.0837 e. The second kappa shape index (κ2) is 3.59. The van der Waals surface area contributed by atoms with Crippen molar-refractivity contribution in [1.82, 2.24) is 4.57 Å². The number of nitrogens with zero attached hydrogens (tertiary/aromatic N) is 1. The fourth-order valence-corrected chi connectivity index (χ4v) is 1.68. The molecule has 1 aromatic heterocycles. The van der Waals surface area contributed by atoms with Crippen molar-refractivity contribution < 1.29 is 0 Å². The number of fused-ring (bicyclic) bond motifs is 1. The molecule has 0 amide bonds. The van der Waals surface area contributed by atoms with Gasteiger partial charge in [0.2, 0.25) is 0 Å². The highest BCUT2D eigenvalue weighted by Gasteiger charge is 2.00. The van der Waals surface area contributed by atoms with E-state index in [9.17, 15) is 0 Å². The van der Waals surface area contributed by atoms with Crippen molar-refractivity contribution in [1.29, 1.82) is 0 Å². The van der Waals surface area contributed by atoms with Crippen LogP contribution in [0.2, 0.25) is 0 Å². The van der Waals surface area contributed by atoms with Gasteiger partial charge in [0.25, 0.3) is 0 Å². The molecule has 0 unspecified atom stereocenters. The lowest BCUT2D eigenvalue weighted by Crippen LogP contribution is -1.92. The summed E-state index contributed by atoms with van der Waals surface area (Å²) in [4.78, 5) is 0. The Morgan fingerprint density at radius 3 is 2.93 bits per heavy atom. The Labute approximate surface area is 84.4 Å². The minimum absolute atomic E-state index is 0.781. The van der Waals surface area contributed by atoms with Gasteiger partial charge in [-0.15, -0.1) is 5.92 Å². The van der Waals surface area contributed by atoms with Crippen LogP contribution in [0.3, 0.4) is 0 Å². The van der Waals surface area contributed by atoms with E-state index in [-0.39, 0.29) is 0 Å². The molecular weight excluding hydrogens is 170 g/mol. The van der Waals surface area contributed by atoms with Gasteiger partial charge in [0.05, 0.1) is 6.54 Å². The van der Waals surface area contributed by atoms with Gasteiger partial charge in [0.1, 0.15) is 0 Å². The Kier molecular flexibility index (Phi) is 2.28. The van der Waals surface area contributed by atoms with E-state index in [1.807, 2.05) is 6.92 Å². The van der Waals surface area contributed by atoms with E-state index < -0.39 is 0 Å². The van der Waals surface area contributed by atoms with Crippen molar-refractivity contribution in [2.24, 2.45) is 0 Å². The molecule has 0 saturated carbocycles. The molecular formula is C13H13N. The Bertz CT molecular complexity index is 509. The first kappa shape index (κ1) is 8.90. The minimum atomic E-state index is 0.781. The molecule has 0 bridgehead atoms. The van der Waals surface area contributed by atoms with Gasteiger partial charge in [0, 0.05) is 17.1 Å². The molecule has 0 fully saturated rings. The second-order valence-corrected chi connectivity index (χ2v) is 3.38. The molecule has 70 valence electrons. The SMILES string of the molecule is CC#CCn1ccc2c(C)cccc21. The Morgan fingerprint density at radius 1 is 1.29 bits per heavy atom. The number of aryl methyl sites for hydroxylation is 1. The Balaban J connectivity index is 2.56. The molecule has 2 rings (SSSR count). The van der Waals surface area contributed by atoms with Gasteiger partial charge in [-0.2, -0.15) is 0 Å². The van der Waals surface area contributed by atoms with Gasteiger partial charge >= 0.3 is 0 Å². The Hall–Kier alpha value is -1.68. The van der Waals surface area contributed by atoms with E-state index in [4.69, 9.17) is 0 Å². The van der Waals surface area contributed by atoms with Crippen molar-refractivity contribution in [3.63, 3.8) is 0 Å². The largest absolute Gasteiger partial charge is 0.336 e. The summed E-state index contributed by atoms with van der Waals surface area (Å²) in [6.45, 7) is 4.79. The van der Waals surface area contributed by atoms with Crippen molar-refractivity contribution in [2.45, 2.75) is 20.4 Å². The zero-order valence-electron chi connectivity index (χ0n) is 8.54. The first-order valence-corrected chi connectivity index (χ1v) is 4.77. The van der Waals surface area contributed by atoms with Crippen LogP contribution in [0, 0.1) is 18.8 Å². The molecule has 1 nitrogen and oxygen atoms in total. The summed E-state index contributed by atoms with van der Waals surface area (Å²) in [6, 6.07) is 8.52. The van der Waals surface area contributed by atoms with Crippen LogP contribution < -0.4 is 0 Å². The lowest BCUT2D eigenvalue weighted by molar-refractivity contribution is 0.885. The summed E-state index contributed by atoms with van der Waals surface area (Å²) in [5, 5.41) is 1.32. The van der Waals surface area contributed by atoms with Crippen LogP contribution in [0.1, 0.15) is 12.5 Å². The minimum Gasteiger partial charge on any atom is -0.336 e. The molecule has 0 spiro atoms. The monoisotopic (exact) mass is 183 g/mol. The lowest BCUT2D eigenvalue weighted by atomic mass is 10.1. The van der Waals surface area contributed by atoms with Crippen molar-refractivity contribution in [3.8, 4) is 11.8 Å². The highest BCUT2D eigenvalue weighted by atomic mass is 14.9. The van der Waals surface area contributed by atoms with Crippen LogP contribution in [0.5, 0.6) is 0 Å². The fraction of sp³-hybridized carbons (Fsp3) is 0.231. The summed E-state index contributed by atoms with van der Waals surface area (Å²) in [7, 11) is 0. The molecule has 0 aliphatic heterocycles. The summed E-state index contributed by atoms with van der Waals surface area (Å²) in [6.07, 6.45) is 2.10. The third-order valence-corrected chi connectivity index (χ3v) is 2.46. The molecule has 1 aromatic carbocycles. The van der Waals surface area contributed by atoms with E-state index >= 15 is 0 Å². The third-order valence-electron chi connectivity index (χ3n) is 2.46. The van der Waals surface area contributed by atoms with Gasteiger partial charge < -0.3 is 4.57 Å². The molecule has 14 heavy (non-hydrogen) atoms. The van der Waals surface area contributed by atoms with Crippen molar-refractivity contribution in [3.05, 3.63) is 36.0 Å². The highest BCUT2D eigenvalue weighted by molar-refractivity contribution is 5.83. The average molecular weight is 183 g/mol. The molecule has 0 saturated heterocycles. The van der Waals surface area contributed by atoms with Crippen LogP contribution in [0.15, 0.2) is 30.5 Å².